The van der Waals surface area contributed by atoms with Gasteiger partial charge in [-0.25, -0.2) is 9.59 Å². The monoisotopic (exact) mass is 299 g/mol. The van der Waals surface area contributed by atoms with E-state index < -0.39 is 23.5 Å². The summed E-state index contributed by atoms with van der Waals surface area (Å²) in [4.78, 5) is 23.2. The van der Waals surface area contributed by atoms with Gasteiger partial charge < -0.3 is 14.8 Å². The highest BCUT2D eigenvalue weighted by Crippen LogP contribution is 2.20. The van der Waals surface area contributed by atoms with E-state index in [0.717, 1.165) is 0 Å². The van der Waals surface area contributed by atoms with Gasteiger partial charge in [-0.05, 0) is 5.41 Å². The predicted molar refractivity (Wildman–Crippen MR) is 70.1 cm³/mol. The maximum atomic E-state index is 11.8. The number of alkyl halides is 2. The number of ether oxygens (including phenoxy) is 2. The Morgan fingerprint density at radius 1 is 1.11 bits per heavy atom. The molecule has 0 bridgehead atoms. The molecular weight excluding hydrogens is 281 g/mol. The van der Waals surface area contributed by atoms with E-state index in [1.807, 2.05) is 0 Å². The van der Waals surface area contributed by atoms with Gasteiger partial charge in [0.2, 0.25) is 0 Å². The van der Waals surface area contributed by atoms with E-state index in [9.17, 15) is 9.59 Å². The van der Waals surface area contributed by atoms with Gasteiger partial charge in [-0.3, -0.25) is 0 Å². The molecule has 0 fully saturated rings. The van der Waals surface area contributed by atoms with Crippen LogP contribution in [-0.2, 0) is 14.3 Å². The summed E-state index contributed by atoms with van der Waals surface area (Å²) in [5.41, 5.74) is -0.497. The van der Waals surface area contributed by atoms with Crippen LogP contribution >= 0.6 is 23.2 Å². The molecule has 0 aromatic rings. The van der Waals surface area contributed by atoms with Gasteiger partial charge in [-0.15, -0.1) is 23.2 Å². The zero-order valence-electron chi connectivity index (χ0n) is 10.8. The molecule has 0 rings (SSSR count). The maximum absolute atomic E-state index is 11.8. The molecule has 0 spiro atoms. The molecule has 0 radical (unpaired) electrons. The molecule has 1 N–H and O–H groups in total. The van der Waals surface area contributed by atoms with Crippen molar-refractivity contribution in [3.8, 4) is 0 Å². The number of amides is 1. The van der Waals surface area contributed by atoms with Crippen LogP contribution in [0.2, 0.25) is 0 Å². The second-order valence-electron chi connectivity index (χ2n) is 4.62. The standard InChI is InChI=1S/C11H19Cl2NO4/c1-11(2,3)8(9(15)17-6-4-12)14-10(16)18-7-5-13/h8H,4-7H2,1-3H3,(H,14,16). The normalized spacial score (nSPS) is 12.7. The van der Waals surface area contributed by atoms with E-state index in [4.69, 9.17) is 32.7 Å². The van der Waals surface area contributed by atoms with Crippen molar-refractivity contribution in [2.45, 2.75) is 26.8 Å². The Morgan fingerprint density at radius 2 is 1.61 bits per heavy atom. The third-order valence-corrected chi connectivity index (χ3v) is 2.30. The Hall–Kier alpha value is -0.680. The third-order valence-electron chi connectivity index (χ3n) is 2.00. The highest BCUT2D eigenvalue weighted by atomic mass is 35.5. The highest BCUT2D eigenvalue weighted by molar-refractivity contribution is 6.18. The molecule has 5 nitrogen and oxygen atoms in total. The van der Waals surface area contributed by atoms with Crippen LogP contribution in [-0.4, -0.2) is 43.1 Å². The average molecular weight is 300 g/mol. The van der Waals surface area contributed by atoms with Gasteiger partial charge in [-0.2, -0.15) is 0 Å². The van der Waals surface area contributed by atoms with Crippen LogP contribution in [0, 0.1) is 5.41 Å². The molecule has 0 saturated carbocycles. The van der Waals surface area contributed by atoms with E-state index in [2.05, 4.69) is 5.32 Å². The molecule has 0 aromatic heterocycles. The van der Waals surface area contributed by atoms with Crippen molar-refractivity contribution >= 4 is 35.3 Å². The largest absolute Gasteiger partial charge is 0.463 e. The molecule has 0 heterocycles. The number of carbonyl (C=O) groups is 2. The minimum absolute atomic E-state index is 0.0843. The topological polar surface area (TPSA) is 64.6 Å². The first-order valence-electron chi connectivity index (χ1n) is 5.54. The Balaban J connectivity index is 4.50. The third kappa shape index (κ3) is 6.91. The number of hydrogen-bond donors (Lipinski definition) is 1. The molecule has 1 atom stereocenters. The minimum Gasteiger partial charge on any atom is -0.463 e. The number of carbonyl (C=O) groups excluding carboxylic acids is 2. The summed E-state index contributed by atoms with van der Waals surface area (Å²) in [5.74, 6) is -0.130. The van der Waals surface area contributed by atoms with Crippen LogP contribution in [0.25, 0.3) is 0 Å². The predicted octanol–water partition coefficient (Wildman–Crippen LogP) is 2.15. The van der Waals surface area contributed by atoms with Crippen LogP contribution in [0.15, 0.2) is 0 Å². The number of halogens is 2. The number of esters is 1. The molecule has 18 heavy (non-hydrogen) atoms. The summed E-state index contributed by atoms with van der Waals surface area (Å²) in [5, 5.41) is 2.46. The van der Waals surface area contributed by atoms with Gasteiger partial charge in [0.05, 0.1) is 11.8 Å². The quantitative estimate of drug-likeness (QED) is 0.603. The zero-order valence-corrected chi connectivity index (χ0v) is 12.3. The van der Waals surface area contributed by atoms with Crippen molar-refractivity contribution in [1.82, 2.24) is 5.32 Å². The summed E-state index contributed by atoms with van der Waals surface area (Å²) in [6.07, 6.45) is -0.696. The van der Waals surface area contributed by atoms with Crippen molar-refractivity contribution < 1.29 is 19.1 Å². The molecule has 0 aliphatic heterocycles. The first-order chi connectivity index (χ1) is 8.32. The van der Waals surface area contributed by atoms with Gasteiger partial charge in [0, 0.05) is 0 Å². The van der Waals surface area contributed by atoms with Crippen molar-refractivity contribution in [2.24, 2.45) is 5.41 Å². The van der Waals surface area contributed by atoms with E-state index >= 15 is 0 Å². The molecular formula is C11H19Cl2NO4. The van der Waals surface area contributed by atoms with Crippen molar-refractivity contribution in [2.75, 3.05) is 25.0 Å². The Labute approximate surface area is 117 Å². The number of nitrogens with one attached hydrogen (secondary N) is 1. The molecule has 0 saturated heterocycles. The molecule has 106 valence electrons. The van der Waals surface area contributed by atoms with Crippen LogP contribution in [0.1, 0.15) is 20.8 Å². The minimum atomic E-state index is -0.802. The average Bonchev–Trinajstić information content (AvgIpc) is 2.28. The lowest BCUT2D eigenvalue weighted by molar-refractivity contribution is -0.148. The molecule has 0 aliphatic rings. The molecule has 0 aromatic carbocycles. The summed E-state index contributed by atoms with van der Waals surface area (Å²) >= 11 is 10.8. The number of alkyl carbamates (subject to hydrolysis) is 1. The van der Waals surface area contributed by atoms with Crippen LogP contribution in [0.4, 0.5) is 4.79 Å². The second kappa shape index (κ2) is 8.43. The highest BCUT2D eigenvalue weighted by Gasteiger charge is 2.34. The first kappa shape index (κ1) is 17.3. The fraction of sp³-hybridized carbons (Fsp3) is 0.818. The lowest BCUT2D eigenvalue weighted by Crippen LogP contribution is -2.50. The van der Waals surface area contributed by atoms with E-state index in [-0.39, 0.29) is 25.0 Å². The van der Waals surface area contributed by atoms with Crippen molar-refractivity contribution in [3.63, 3.8) is 0 Å². The maximum Gasteiger partial charge on any atom is 0.407 e. The molecule has 1 unspecified atom stereocenters. The summed E-state index contributed by atoms with van der Waals surface area (Å²) in [7, 11) is 0. The molecule has 0 aliphatic carbocycles. The SMILES string of the molecule is CC(C)(C)C(NC(=O)OCCCl)C(=O)OCCCl. The summed E-state index contributed by atoms with van der Waals surface area (Å²) in [6, 6.07) is -0.802. The Kier molecular flexibility index (Phi) is 8.11. The molecule has 1 amide bonds. The number of rotatable bonds is 6. The lowest BCUT2D eigenvalue weighted by atomic mass is 9.87. The summed E-state index contributed by atoms with van der Waals surface area (Å²) in [6.45, 7) is 5.61. The fourth-order valence-corrected chi connectivity index (χ4v) is 1.30. The summed E-state index contributed by atoms with van der Waals surface area (Å²) < 4.78 is 9.67. The lowest BCUT2D eigenvalue weighted by Gasteiger charge is -2.29. The van der Waals surface area contributed by atoms with E-state index in [0.29, 0.717) is 0 Å². The van der Waals surface area contributed by atoms with E-state index in [1.54, 1.807) is 20.8 Å². The van der Waals surface area contributed by atoms with Crippen LogP contribution in [0.5, 0.6) is 0 Å². The first-order valence-corrected chi connectivity index (χ1v) is 6.61. The van der Waals surface area contributed by atoms with Gasteiger partial charge in [0.15, 0.2) is 0 Å². The number of hydrogen-bond acceptors (Lipinski definition) is 4. The zero-order chi connectivity index (χ0) is 14.2. The second-order valence-corrected chi connectivity index (χ2v) is 5.38. The van der Waals surface area contributed by atoms with Crippen molar-refractivity contribution in [3.05, 3.63) is 0 Å². The van der Waals surface area contributed by atoms with E-state index in [1.165, 1.54) is 0 Å². The fourth-order valence-electron chi connectivity index (χ4n) is 1.14. The Morgan fingerprint density at radius 3 is 2.06 bits per heavy atom. The molecule has 7 heteroatoms. The van der Waals surface area contributed by atoms with Gasteiger partial charge in [0.1, 0.15) is 19.3 Å². The Bertz CT molecular complexity index is 279. The van der Waals surface area contributed by atoms with Crippen LogP contribution in [0.3, 0.4) is 0 Å². The van der Waals surface area contributed by atoms with Crippen molar-refractivity contribution in [1.29, 1.82) is 0 Å². The van der Waals surface area contributed by atoms with Gasteiger partial charge in [0.25, 0.3) is 0 Å². The van der Waals surface area contributed by atoms with Gasteiger partial charge in [-0.1, -0.05) is 20.8 Å². The van der Waals surface area contributed by atoms with Crippen LogP contribution < -0.4 is 5.32 Å². The van der Waals surface area contributed by atoms with Gasteiger partial charge >= 0.3 is 12.1 Å². The smallest absolute Gasteiger partial charge is 0.407 e.